The fourth-order valence-corrected chi connectivity index (χ4v) is 3.25. The molecule has 0 bridgehead atoms. The van der Waals surface area contributed by atoms with Crippen molar-refractivity contribution in [1.82, 2.24) is 0 Å². The van der Waals surface area contributed by atoms with Crippen LogP contribution in [0, 0.1) is 0 Å². The van der Waals surface area contributed by atoms with Crippen molar-refractivity contribution < 1.29 is 33.3 Å². The van der Waals surface area contributed by atoms with Gasteiger partial charge >= 0.3 is 17.9 Å². The maximum absolute atomic E-state index is 11.4. The third kappa shape index (κ3) is 5.17. The molecule has 0 radical (unpaired) electrons. The Bertz CT molecular complexity index is 425. The highest BCUT2D eigenvalue weighted by Gasteiger charge is 2.50. The SMILES string of the molecule is CCSC1OC(C)C(OC(C)=O)C(OC(C)=O)C1OC(C)=O. The summed E-state index contributed by atoms with van der Waals surface area (Å²) < 4.78 is 21.6. The normalized spacial score (nSPS) is 31.2. The van der Waals surface area contributed by atoms with Gasteiger partial charge in [-0.2, -0.15) is 0 Å². The summed E-state index contributed by atoms with van der Waals surface area (Å²) in [4.78, 5) is 34.1. The Hall–Kier alpha value is -1.28. The quantitative estimate of drug-likeness (QED) is 0.549. The van der Waals surface area contributed by atoms with E-state index in [0.717, 1.165) is 5.75 Å². The van der Waals surface area contributed by atoms with Gasteiger partial charge in [-0.05, 0) is 12.7 Å². The Morgan fingerprint density at radius 1 is 0.909 bits per heavy atom. The molecule has 0 aromatic heterocycles. The first-order chi connectivity index (χ1) is 10.3. The summed E-state index contributed by atoms with van der Waals surface area (Å²) in [7, 11) is 0. The summed E-state index contributed by atoms with van der Waals surface area (Å²) in [6.07, 6.45) is -3.08. The zero-order valence-corrected chi connectivity index (χ0v) is 14.2. The van der Waals surface area contributed by atoms with E-state index in [9.17, 15) is 14.4 Å². The molecular formula is C14H22O7S. The molecule has 0 aliphatic carbocycles. The lowest BCUT2D eigenvalue weighted by atomic mass is 10.00. The minimum atomic E-state index is -0.905. The van der Waals surface area contributed by atoms with Crippen molar-refractivity contribution in [3.63, 3.8) is 0 Å². The van der Waals surface area contributed by atoms with Gasteiger partial charge in [0, 0.05) is 20.8 Å². The predicted octanol–water partition coefficient (Wildman–Crippen LogP) is 1.28. The van der Waals surface area contributed by atoms with Crippen LogP contribution < -0.4 is 0 Å². The number of rotatable bonds is 5. The highest BCUT2D eigenvalue weighted by Crippen LogP contribution is 2.33. The van der Waals surface area contributed by atoms with Gasteiger partial charge in [-0.1, -0.05) is 6.92 Å². The van der Waals surface area contributed by atoms with Crippen LogP contribution in [-0.4, -0.2) is 53.5 Å². The number of esters is 3. The summed E-state index contributed by atoms with van der Waals surface area (Å²) >= 11 is 1.43. The Labute approximate surface area is 134 Å². The Morgan fingerprint density at radius 3 is 1.82 bits per heavy atom. The lowest BCUT2D eigenvalue weighted by molar-refractivity contribution is -0.228. The fraction of sp³-hybridized carbons (Fsp3) is 0.786. The van der Waals surface area contributed by atoms with Crippen molar-refractivity contribution >= 4 is 29.7 Å². The van der Waals surface area contributed by atoms with Gasteiger partial charge in [0.15, 0.2) is 18.3 Å². The lowest BCUT2D eigenvalue weighted by Crippen LogP contribution is -2.59. The molecule has 1 fully saturated rings. The summed E-state index contributed by atoms with van der Waals surface area (Å²) in [6, 6.07) is 0. The molecule has 1 rings (SSSR count). The number of ether oxygens (including phenoxy) is 4. The molecule has 0 aromatic carbocycles. The second-order valence-corrected chi connectivity index (χ2v) is 6.26. The smallest absolute Gasteiger partial charge is 0.303 e. The standard InChI is InChI=1S/C14H22O7S/c1-6-22-14-13(21-10(5)17)12(20-9(4)16)11(7(2)18-14)19-8(3)15/h7,11-14H,6H2,1-5H3. The second-order valence-electron chi connectivity index (χ2n) is 4.89. The number of thioether (sulfide) groups is 1. The zero-order chi connectivity index (χ0) is 16.9. The fourth-order valence-electron chi connectivity index (χ4n) is 2.27. The summed E-state index contributed by atoms with van der Waals surface area (Å²) in [5.41, 5.74) is -0.500. The van der Waals surface area contributed by atoms with Crippen LogP contribution in [0.15, 0.2) is 0 Å². The Balaban J connectivity index is 3.09. The molecule has 1 heterocycles. The van der Waals surface area contributed by atoms with E-state index >= 15 is 0 Å². The van der Waals surface area contributed by atoms with Crippen molar-refractivity contribution in [3.05, 3.63) is 0 Å². The second kappa shape index (κ2) is 8.38. The van der Waals surface area contributed by atoms with Crippen LogP contribution in [0.25, 0.3) is 0 Å². The molecule has 8 heteroatoms. The first-order valence-corrected chi connectivity index (χ1v) is 8.09. The van der Waals surface area contributed by atoms with Crippen LogP contribution in [0.4, 0.5) is 0 Å². The molecule has 1 aliphatic rings. The van der Waals surface area contributed by atoms with E-state index < -0.39 is 47.8 Å². The average Bonchev–Trinajstić information content (AvgIpc) is 2.37. The molecule has 7 nitrogen and oxygen atoms in total. The van der Waals surface area contributed by atoms with Crippen molar-refractivity contribution in [2.24, 2.45) is 0 Å². The average molecular weight is 334 g/mol. The summed E-state index contributed by atoms with van der Waals surface area (Å²) in [5, 5.41) is 0. The molecule has 1 aliphatic heterocycles. The largest absolute Gasteiger partial charge is 0.456 e. The topological polar surface area (TPSA) is 88.1 Å². The van der Waals surface area contributed by atoms with Crippen LogP contribution >= 0.6 is 11.8 Å². The molecule has 0 saturated carbocycles. The minimum Gasteiger partial charge on any atom is -0.456 e. The molecule has 5 atom stereocenters. The van der Waals surface area contributed by atoms with E-state index in [4.69, 9.17) is 18.9 Å². The lowest BCUT2D eigenvalue weighted by Gasteiger charge is -2.43. The first-order valence-electron chi connectivity index (χ1n) is 7.05. The zero-order valence-electron chi connectivity index (χ0n) is 13.4. The maximum atomic E-state index is 11.4. The third-order valence-corrected chi connectivity index (χ3v) is 4.01. The number of carbonyl (C=O) groups excluding carboxylic acids is 3. The number of carbonyl (C=O) groups is 3. The van der Waals surface area contributed by atoms with Gasteiger partial charge in [0.25, 0.3) is 0 Å². The molecule has 1 saturated heterocycles. The number of hydrogen-bond donors (Lipinski definition) is 0. The van der Waals surface area contributed by atoms with Crippen LogP contribution in [0.5, 0.6) is 0 Å². The molecule has 0 spiro atoms. The number of hydrogen-bond acceptors (Lipinski definition) is 8. The monoisotopic (exact) mass is 334 g/mol. The molecule has 5 unspecified atom stereocenters. The summed E-state index contributed by atoms with van der Waals surface area (Å²) in [5.74, 6) is -0.877. The van der Waals surface area contributed by atoms with E-state index in [1.807, 2.05) is 6.92 Å². The highest BCUT2D eigenvalue weighted by molar-refractivity contribution is 7.99. The van der Waals surface area contributed by atoms with Crippen LogP contribution in [0.1, 0.15) is 34.6 Å². The molecule has 0 amide bonds. The van der Waals surface area contributed by atoms with Gasteiger partial charge in [-0.3, -0.25) is 14.4 Å². The van der Waals surface area contributed by atoms with Gasteiger partial charge in [0.2, 0.25) is 0 Å². The maximum Gasteiger partial charge on any atom is 0.303 e. The molecule has 22 heavy (non-hydrogen) atoms. The first kappa shape index (κ1) is 18.8. The van der Waals surface area contributed by atoms with Gasteiger partial charge in [0.1, 0.15) is 5.44 Å². The van der Waals surface area contributed by atoms with E-state index in [-0.39, 0.29) is 0 Å². The van der Waals surface area contributed by atoms with Crippen molar-refractivity contribution in [2.75, 3.05) is 5.75 Å². The van der Waals surface area contributed by atoms with Gasteiger partial charge in [-0.15, -0.1) is 11.8 Å². The summed E-state index contributed by atoms with van der Waals surface area (Å²) in [6.45, 7) is 7.42. The van der Waals surface area contributed by atoms with Crippen LogP contribution in [-0.2, 0) is 33.3 Å². The molecule has 0 aromatic rings. The Kier molecular flexibility index (Phi) is 7.15. The van der Waals surface area contributed by atoms with E-state index in [0.29, 0.717) is 0 Å². The third-order valence-electron chi connectivity index (χ3n) is 2.96. The van der Waals surface area contributed by atoms with Crippen molar-refractivity contribution in [1.29, 1.82) is 0 Å². The van der Waals surface area contributed by atoms with E-state index in [1.54, 1.807) is 6.92 Å². The molecule has 0 N–H and O–H groups in total. The minimum absolute atomic E-state index is 0.496. The van der Waals surface area contributed by atoms with Gasteiger partial charge in [-0.25, -0.2) is 0 Å². The highest BCUT2D eigenvalue weighted by atomic mass is 32.2. The van der Waals surface area contributed by atoms with Crippen LogP contribution in [0.2, 0.25) is 0 Å². The van der Waals surface area contributed by atoms with Crippen molar-refractivity contribution in [3.8, 4) is 0 Å². The van der Waals surface area contributed by atoms with E-state index in [2.05, 4.69) is 0 Å². The van der Waals surface area contributed by atoms with Crippen molar-refractivity contribution in [2.45, 2.75) is 64.5 Å². The van der Waals surface area contributed by atoms with E-state index in [1.165, 1.54) is 32.5 Å². The van der Waals surface area contributed by atoms with Gasteiger partial charge < -0.3 is 18.9 Å². The molecular weight excluding hydrogens is 312 g/mol. The predicted molar refractivity (Wildman–Crippen MR) is 79.1 cm³/mol. The van der Waals surface area contributed by atoms with Crippen LogP contribution in [0.3, 0.4) is 0 Å². The van der Waals surface area contributed by atoms with Gasteiger partial charge in [0.05, 0.1) is 6.10 Å². The Morgan fingerprint density at radius 2 is 1.36 bits per heavy atom. The molecule has 126 valence electrons.